The SMILES string of the molecule is Nc1ncnc2oc(-c3cccc(I)c3)nc12. The predicted octanol–water partition coefficient (Wildman–Crippen LogP) is 2.47. The van der Waals surface area contributed by atoms with Gasteiger partial charge < -0.3 is 10.2 Å². The molecule has 3 rings (SSSR count). The van der Waals surface area contributed by atoms with E-state index in [9.17, 15) is 0 Å². The van der Waals surface area contributed by atoms with Crippen LogP contribution in [0.3, 0.4) is 0 Å². The molecule has 0 aliphatic carbocycles. The summed E-state index contributed by atoms with van der Waals surface area (Å²) in [5, 5.41) is 0. The van der Waals surface area contributed by atoms with Crippen molar-refractivity contribution in [3.05, 3.63) is 34.2 Å². The van der Waals surface area contributed by atoms with Gasteiger partial charge in [0.05, 0.1) is 0 Å². The maximum atomic E-state index is 5.70. The lowest BCUT2D eigenvalue weighted by molar-refractivity contribution is 0.607. The Bertz CT molecular complexity index is 695. The molecule has 0 saturated carbocycles. The van der Waals surface area contributed by atoms with Gasteiger partial charge in [0.2, 0.25) is 5.89 Å². The number of halogens is 1. The van der Waals surface area contributed by atoms with Crippen LogP contribution in [-0.2, 0) is 0 Å². The highest BCUT2D eigenvalue weighted by atomic mass is 127. The van der Waals surface area contributed by atoms with Crippen molar-refractivity contribution in [1.82, 2.24) is 15.0 Å². The Morgan fingerprint density at radius 3 is 2.88 bits per heavy atom. The molecule has 6 heteroatoms. The Morgan fingerprint density at radius 1 is 1.24 bits per heavy atom. The first-order valence-electron chi connectivity index (χ1n) is 4.87. The highest BCUT2D eigenvalue weighted by Crippen LogP contribution is 2.25. The first-order chi connectivity index (χ1) is 8.24. The third-order valence-electron chi connectivity index (χ3n) is 2.30. The lowest BCUT2D eigenvalue weighted by Gasteiger charge is -1.94. The van der Waals surface area contributed by atoms with Crippen molar-refractivity contribution in [2.24, 2.45) is 0 Å². The molecule has 0 amide bonds. The highest BCUT2D eigenvalue weighted by molar-refractivity contribution is 14.1. The molecule has 1 aromatic carbocycles. The standard InChI is InChI=1S/C11H7IN4O/c12-7-3-1-2-6(4-7)10-16-8-9(13)14-5-15-11(8)17-10/h1-5H,(H2,13,14,15). The van der Waals surface area contributed by atoms with Crippen LogP contribution >= 0.6 is 22.6 Å². The number of aromatic nitrogens is 3. The largest absolute Gasteiger partial charge is 0.417 e. The fourth-order valence-corrected chi connectivity index (χ4v) is 2.06. The molecule has 2 N–H and O–H groups in total. The van der Waals surface area contributed by atoms with Gasteiger partial charge in [-0.25, -0.2) is 9.97 Å². The lowest BCUT2D eigenvalue weighted by Crippen LogP contribution is -1.91. The zero-order valence-corrected chi connectivity index (χ0v) is 10.7. The predicted molar refractivity (Wildman–Crippen MR) is 72.2 cm³/mol. The van der Waals surface area contributed by atoms with Gasteiger partial charge in [-0.3, -0.25) is 0 Å². The molecule has 0 aliphatic heterocycles. The second-order valence-corrected chi connectivity index (χ2v) is 4.69. The topological polar surface area (TPSA) is 77.8 Å². The lowest BCUT2D eigenvalue weighted by atomic mass is 10.2. The van der Waals surface area contributed by atoms with Crippen molar-refractivity contribution >= 4 is 39.6 Å². The molecular formula is C11H7IN4O. The molecule has 0 saturated heterocycles. The molecule has 0 bridgehead atoms. The minimum absolute atomic E-state index is 0.329. The number of nitrogens with two attached hydrogens (primary N) is 1. The Morgan fingerprint density at radius 2 is 2.12 bits per heavy atom. The van der Waals surface area contributed by atoms with Crippen LogP contribution in [-0.4, -0.2) is 15.0 Å². The Kier molecular flexibility index (Phi) is 2.43. The molecule has 0 radical (unpaired) electrons. The molecule has 3 aromatic rings. The normalized spacial score (nSPS) is 10.9. The summed E-state index contributed by atoms with van der Waals surface area (Å²) in [6.45, 7) is 0. The van der Waals surface area contributed by atoms with Crippen molar-refractivity contribution in [1.29, 1.82) is 0 Å². The van der Waals surface area contributed by atoms with Gasteiger partial charge in [-0.05, 0) is 40.8 Å². The number of rotatable bonds is 1. The summed E-state index contributed by atoms with van der Waals surface area (Å²) in [5.74, 6) is 0.835. The third kappa shape index (κ3) is 1.84. The number of hydrogen-bond acceptors (Lipinski definition) is 5. The van der Waals surface area contributed by atoms with E-state index in [0.717, 1.165) is 9.13 Å². The van der Waals surface area contributed by atoms with Crippen molar-refractivity contribution in [3.63, 3.8) is 0 Å². The number of fused-ring (bicyclic) bond motifs is 1. The molecule has 5 nitrogen and oxygen atoms in total. The van der Waals surface area contributed by atoms with E-state index in [4.69, 9.17) is 10.2 Å². The van der Waals surface area contributed by atoms with E-state index >= 15 is 0 Å². The van der Waals surface area contributed by atoms with Crippen LogP contribution in [0.1, 0.15) is 0 Å². The summed E-state index contributed by atoms with van der Waals surface area (Å²) in [4.78, 5) is 12.2. The Labute approximate surface area is 110 Å². The molecule has 84 valence electrons. The number of anilines is 1. The summed E-state index contributed by atoms with van der Waals surface area (Å²) in [5.41, 5.74) is 7.51. The molecule has 0 aliphatic rings. The zero-order chi connectivity index (χ0) is 11.8. The number of nitrogens with zero attached hydrogens (tertiary/aromatic N) is 3. The van der Waals surface area contributed by atoms with E-state index in [1.165, 1.54) is 6.33 Å². The van der Waals surface area contributed by atoms with Crippen LogP contribution in [0.5, 0.6) is 0 Å². The van der Waals surface area contributed by atoms with Crippen LogP contribution in [0.15, 0.2) is 35.0 Å². The van der Waals surface area contributed by atoms with E-state index < -0.39 is 0 Å². The molecule has 17 heavy (non-hydrogen) atoms. The second kappa shape index (κ2) is 3.95. The first-order valence-corrected chi connectivity index (χ1v) is 5.95. The van der Waals surface area contributed by atoms with E-state index in [0.29, 0.717) is 22.9 Å². The first kappa shape index (κ1) is 10.5. The fourth-order valence-electron chi connectivity index (χ4n) is 1.52. The fraction of sp³-hybridized carbons (Fsp3) is 0. The Balaban J connectivity index is 2.22. The maximum Gasteiger partial charge on any atom is 0.252 e. The van der Waals surface area contributed by atoms with Crippen LogP contribution < -0.4 is 5.73 Å². The summed E-state index contributed by atoms with van der Waals surface area (Å²) < 4.78 is 6.66. The minimum Gasteiger partial charge on any atom is -0.417 e. The molecule has 0 unspecified atom stereocenters. The molecule has 0 spiro atoms. The Hall–Kier alpha value is -1.70. The number of benzene rings is 1. The number of oxazole rings is 1. The van der Waals surface area contributed by atoms with Crippen LogP contribution in [0, 0.1) is 3.57 Å². The number of hydrogen-bond donors (Lipinski definition) is 1. The van der Waals surface area contributed by atoms with E-state index in [1.54, 1.807) is 0 Å². The summed E-state index contributed by atoms with van der Waals surface area (Å²) >= 11 is 2.24. The average Bonchev–Trinajstić information content (AvgIpc) is 2.74. The second-order valence-electron chi connectivity index (χ2n) is 3.44. The smallest absolute Gasteiger partial charge is 0.252 e. The van der Waals surface area contributed by atoms with Gasteiger partial charge in [-0.2, -0.15) is 4.98 Å². The van der Waals surface area contributed by atoms with Crippen LogP contribution in [0.4, 0.5) is 5.82 Å². The maximum absolute atomic E-state index is 5.70. The molecule has 2 aromatic heterocycles. The molecule has 2 heterocycles. The van der Waals surface area contributed by atoms with Gasteiger partial charge in [-0.1, -0.05) is 6.07 Å². The van der Waals surface area contributed by atoms with Crippen molar-refractivity contribution < 1.29 is 4.42 Å². The van der Waals surface area contributed by atoms with Gasteiger partial charge in [0, 0.05) is 9.13 Å². The highest BCUT2D eigenvalue weighted by Gasteiger charge is 2.11. The summed E-state index contributed by atoms with van der Waals surface area (Å²) in [6.07, 6.45) is 1.36. The van der Waals surface area contributed by atoms with Gasteiger partial charge in [-0.15, -0.1) is 0 Å². The quantitative estimate of drug-likeness (QED) is 0.690. The molecule has 0 fully saturated rings. The third-order valence-corrected chi connectivity index (χ3v) is 2.97. The summed E-state index contributed by atoms with van der Waals surface area (Å²) in [7, 11) is 0. The van der Waals surface area contributed by atoms with Gasteiger partial charge in [0.1, 0.15) is 6.33 Å². The van der Waals surface area contributed by atoms with E-state index in [-0.39, 0.29) is 0 Å². The molecular weight excluding hydrogens is 331 g/mol. The number of nitrogen functional groups attached to an aromatic ring is 1. The van der Waals surface area contributed by atoms with Gasteiger partial charge in [0.15, 0.2) is 11.3 Å². The van der Waals surface area contributed by atoms with Gasteiger partial charge >= 0.3 is 0 Å². The average molecular weight is 338 g/mol. The monoisotopic (exact) mass is 338 g/mol. The van der Waals surface area contributed by atoms with Crippen molar-refractivity contribution in [2.75, 3.05) is 5.73 Å². The van der Waals surface area contributed by atoms with E-state index in [2.05, 4.69) is 37.5 Å². The molecule has 0 atom stereocenters. The van der Waals surface area contributed by atoms with Crippen molar-refractivity contribution in [2.45, 2.75) is 0 Å². The zero-order valence-electron chi connectivity index (χ0n) is 8.59. The van der Waals surface area contributed by atoms with Crippen LogP contribution in [0.25, 0.3) is 22.7 Å². The van der Waals surface area contributed by atoms with E-state index in [1.807, 2.05) is 24.3 Å². The minimum atomic E-state index is 0.329. The van der Waals surface area contributed by atoms with Gasteiger partial charge in [0.25, 0.3) is 5.71 Å². The summed E-state index contributed by atoms with van der Waals surface area (Å²) in [6, 6.07) is 7.85. The van der Waals surface area contributed by atoms with Crippen LogP contribution in [0.2, 0.25) is 0 Å². The van der Waals surface area contributed by atoms with Crippen molar-refractivity contribution in [3.8, 4) is 11.5 Å².